The van der Waals surface area contributed by atoms with Crippen LogP contribution in [0.25, 0.3) is 0 Å². The molecule has 0 saturated carbocycles. The number of anilines is 1. The van der Waals surface area contributed by atoms with Gasteiger partial charge in [-0.3, -0.25) is 13.9 Å². The summed E-state index contributed by atoms with van der Waals surface area (Å²) in [6.07, 6.45) is 1.74. The van der Waals surface area contributed by atoms with E-state index in [0.717, 1.165) is 6.26 Å². The van der Waals surface area contributed by atoms with E-state index < -0.39 is 27.4 Å². The molecule has 10 heteroatoms. The number of hydrogen-bond donors (Lipinski definition) is 1. The highest BCUT2D eigenvalue weighted by Crippen LogP contribution is 2.30. The Kier molecular flexibility index (Phi) is 11.1. The lowest BCUT2D eigenvalue weighted by atomic mass is 10.0. The number of nitrogens with zero attached hydrogens (tertiary/aromatic N) is 2. The molecule has 210 valence electrons. The van der Waals surface area contributed by atoms with Crippen molar-refractivity contribution in [2.45, 2.75) is 72.0 Å². The molecule has 2 aromatic carbocycles. The van der Waals surface area contributed by atoms with Gasteiger partial charge in [0.2, 0.25) is 21.8 Å². The third kappa shape index (κ3) is 9.31. The maximum Gasteiger partial charge on any atom is 0.243 e. The molecule has 0 radical (unpaired) electrons. The number of ether oxygens (including phenoxy) is 1. The van der Waals surface area contributed by atoms with Crippen molar-refractivity contribution in [3.63, 3.8) is 0 Å². The van der Waals surface area contributed by atoms with Gasteiger partial charge in [0, 0.05) is 25.0 Å². The summed E-state index contributed by atoms with van der Waals surface area (Å²) in [5.41, 5.74) is 0.604. The Bertz CT molecular complexity index is 1180. The third-order valence-corrected chi connectivity index (χ3v) is 6.92. The maximum atomic E-state index is 13.5. The van der Waals surface area contributed by atoms with Crippen LogP contribution in [0.1, 0.15) is 59.4 Å². The fourth-order valence-electron chi connectivity index (χ4n) is 4.08. The Balaban J connectivity index is 2.27. The molecule has 0 spiro atoms. The molecule has 2 rings (SSSR count). The standard InChI is InChI=1S/C28H40FN3O5S/c1-7-23(27(34)30-28(3,4)5)31(20-21-15-17-22(29)18-16-21)26(33)14-11-19-32(38(6,35)36)24-12-9-10-13-25(24)37-8-2/h9-10,12-13,15-18,23H,7-8,11,14,19-20H2,1-6H3,(H,30,34)/t23-/m0/s1. The van der Waals surface area contributed by atoms with E-state index in [-0.39, 0.29) is 37.7 Å². The van der Waals surface area contributed by atoms with Crippen molar-refractivity contribution in [2.24, 2.45) is 0 Å². The first kappa shape index (κ1) is 31.1. The van der Waals surface area contributed by atoms with Crippen molar-refractivity contribution in [1.29, 1.82) is 0 Å². The van der Waals surface area contributed by atoms with Crippen LogP contribution in [-0.4, -0.2) is 56.1 Å². The zero-order valence-electron chi connectivity index (χ0n) is 23.2. The average molecular weight is 550 g/mol. The molecule has 0 unspecified atom stereocenters. The van der Waals surface area contributed by atoms with Gasteiger partial charge in [-0.05, 0) is 70.4 Å². The predicted octanol–water partition coefficient (Wildman–Crippen LogP) is 4.49. The van der Waals surface area contributed by atoms with E-state index in [9.17, 15) is 22.4 Å². The van der Waals surface area contributed by atoms with Crippen molar-refractivity contribution in [1.82, 2.24) is 10.2 Å². The van der Waals surface area contributed by atoms with E-state index in [1.165, 1.54) is 21.3 Å². The number of halogens is 1. The second-order valence-electron chi connectivity index (χ2n) is 10.2. The van der Waals surface area contributed by atoms with E-state index in [1.807, 2.05) is 34.6 Å². The van der Waals surface area contributed by atoms with Crippen molar-refractivity contribution >= 4 is 27.5 Å². The van der Waals surface area contributed by atoms with E-state index in [0.29, 0.717) is 30.0 Å². The number of sulfonamides is 1. The van der Waals surface area contributed by atoms with Gasteiger partial charge in [0.05, 0.1) is 18.6 Å². The minimum Gasteiger partial charge on any atom is -0.492 e. The molecule has 2 amide bonds. The largest absolute Gasteiger partial charge is 0.492 e. The first-order chi connectivity index (χ1) is 17.8. The lowest BCUT2D eigenvalue weighted by Gasteiger charge is -2.33. The van der Waals surface area contributed by atoms with Crippen LogP contribution in [0.4, 0.5) is 10.1 Å². The topological polar surface area (TPSA) is 96.0 Å². The number of carbonyl (C=O) groups excluding carboxylic acids is 2. The quantitative estimate of drug-likeness (QED) is 0.397. The number of amides is 2. The summed E-state index contributed by atoms with van der Waals surface area (Å²) in [4.78, 5) is 28.1. The van der Waals surface area contributed by atoms with Gasteiger partial charge in [-0.2, -0.15) is 0 Å². The number of carbonyl (C=O) groups is 2. The van der Waals surface area contributed by atoms with Crippen LogP contribution in [-0.2, 0) is 26.2 Å². The second kappa shape index (κ2) is 13.6. The summed E-state index contributed by atoms with van der Waals surface area (Å²) in [7, 11) is -3.66. The molecule has 0 bridgehead atoms. The highest BCUT2D eigenvalue weighted by Gasteiger charge is 2.31. The van der Waals surface area contributed by atoms with Gasteiger partial charge in [-0.1, -0.05) is 31.2 Å². The highest BCUT2D eigenvalue weighted by molar-refractivity contribution is 7.92. The Morgan fingerprint density at radius 1 is 1.05 bits per heavy atom. The van der Waals surface area contributed by atoms with Crippen LogP contribution in [0.5, 0.6) is 5.75 Å². The zero-order chi connectivity index (χ0) is 28.5. The molecule has 0 aliphatic carbocycles. The normalized spacial score (nSPS) is 12.5. The molecule has 0 aliphatic heterocycles. The fraction of sp³-hybridized carbons (Fsp3) is 0.500. The molecule has 0 aromatic heterocycles. The molecule has 0 aliphatic rings. The number of nitrogens with one attached hydrogen (secondary N) is 1. The molecule has 1 atom stereocenters. The first-order valence-electron chi connectivity index (χ1n) is 12.8. The Morgan fingerprint density at radius 2 is 1.68 bits per heavy atom. The van der Waals surface area contributed by atoms with Crippen molar-refractivity contribution < 1.29 is 27.1 Å². The van der Waals surface area contributed by atoms with Gasteiger partial charge in [0.1, 0.15) is 17.6 Å². The minimum atomic E-state index is -3.66. The summed E-state index contributed by atoms with van der Waals surface area (Å²) in [6, 6.07) is 11.9. The van der Waals surface area contributed by atoms with Gasteiger partial charge in [0.25, 0.3) is 0 Å². The van der Waals surface area contributed by atoms with Crippen LogP contribution >= 0.6 is 0 Å². The van der Waals surface area contributed by atoms with Gasteiger partial charge in [0.15, 0.2) is 0 Å². The zero-order valence-corrected chi connectivity index (χ0v) is 24.0. The SMILES string of the molecule is CCOc1ccccc1N(CCCC(=O)N(Cc1ccc(F)cc1)[C@@H](CC)C(=O)NC(C)(C)C)S(C)(=O)=O. The van der Waals surface area contributed by atoms with Crippen LogP contribution in [0.3, 0.4) is 0 Å². The summed E-state index contributed by atoms with van der Waals surface area (Å²) in [6.45, 7) is 9.79. The number of hydrogen-bond acceptors (Lipinski definition) is 5. The molecule has 1 N–H and O–H groups in total. The smallest absolute Gasteiger partial charge is 0.243 e. The molecule has 0 fully saturated rings. The molecule has 2 aromatic rings. The Hall–Kier alpha value is -3.14. The van der Waals surface area contributed by atoms with Crippen LogP contribution in [0, 0.1) is 5.82 Å². The van der Waals surface area contributed by atoms with Crippen molar-refractivity contribution in [3.8, 4) is 5.75 Å². The lowest BCUT2D eigenvalue weighted by molar-refractivity contribution is -0.142. The first-order valence-corrected chi connectivity index (χ1v) is 14.7. The van der Waals surface area contributed by atoms with Gasteiger partial charge >= 0.3 is 0 Å². The molecule has 8 nitrogen and oxygen atoms in total. The summed E-state index contributed by atoms with van der Waals surface area (Å²) in [5.74, 6) is -0.525. The molecular formula is C28H40FN3O5S. The molecule has 38 heavy (non-hydrogen) atoms. The Morgan fingerprint density at radius 3 is 2.24 bits per heavy atom. The maximum absolute atomic E-state index is 13.5. The molecule has 0 saturated heterocycles. The summed E-state index contributed by atoms with van der Waals surface area (Å²) >= 11 is 0. The highest BCUT2D eigenvalue weighted by atomic mass is 32.2. The van der Waals surface area contributed by atoms with E-state index in [4.69, 9.17) is 4.74 Å². The van der Waals surface area contributed by atoms with Crippen LogP contribution in [0.2, 0.25) is 0 Å². The van der Waals surface area contributed by atoms with Gasteiger partial charge in [-0.15, -0.1) is 0 Å². The summed E-state index contributed by atoms with van der Waals surface area (Å²) in [5, 5.41) is 2.94. The van der Waals surface area contributed by atoms with E-state index in [2.05, 4.69) is 5.32 Å². The molecular weight excluding hydrogens is 509 g/mol. The Labute approximate surface area is 226 Å². The second-order valence-corrected chi connectivity index (χ2v) is 12.1. The molecule has 0 heterocycles. The lowest BCUT2D eigenvalue weighted by Crippen LogP contribution is -2.53. The van der Waals surface area contributed by atoms with E-state index in [1.54, 1.807) is 36.4 Å². The van der Waals surface area contributed by atoms with Gasteiger partial charge < -0.3 is 15.0 Å². The minimum absolute atomic E-state index is 0.0172. The van der Waals surface area contributed by atoms with E-state index >= 15 is 0 Å². The predicted molar refractivity (Wildman–Crippen MR) is 148 cm³/mol. The fourth-order valence-corrected chi connectivity index (χ4v) is 5.05. The van der Waals surface area contributed by atoms with Crippen molar-refractivity contribution in [2.75, 3.05) is 23.7 Å². The van der Waals surface area contributed by atoms with Gasteiger partial charge in [-0.25, -0.2) is 12.8 Å². The van der Waals surface area contributed by atoms with Crippen molar-refractivity contribution in [3.05, 3.63) is 59.9 Å². The average Bonchev–Trinajstić information content (AvgIpc) is 2.82. The van der Waals surface area contributed by atoms with Crippen LogP contribution < -0.4 is 14.4 Å². The number of benzene rings is 2. The number of rotatable bonds is 13. The number of para-hydroxylation sites is 2. The monoisotopic (exact) mass is 549 g/mol. The third-order valence-electron chi connectivity index (χ3n) is 5.74. The summed E-state index contributed by atoms with van der Waals surface area (Å²) < 4.78 is 45.6. The van der Waals surface area contributed by atoms with Crippen LogP contribution in [0.15, 0.2) is 48.5 Å².